The number of carbonyl (C=O) groups is 1. The van der Waals surface area contributed by atoms with Crippen LogP contribution in [0.2, 0.25) is 0 Å². The lowest BCUT2D eigenvalue weighted by Crippen LogP contribution is -2.53. The number of hydrogen-bond donors (Lipinski definition) is 2. The Morgan fingerprint density at radius 1 is 1.19 bits per heavy atom. The second-order valence-electron chi connectivity index (χ2n) is 7.79. The predicted octanol–water partition coefficient (Wildman–Crippen LogP) is 3.17. The van der Waals surface area contributed by atoms with Gasteiger partial charge < -0.3 is 20.5 Å². The zero-order valence-electron chi connectivity index (χ0n) is 15.0. The Labute approximate surface area is 162 Å². The Morgan fingerprint density at radius 2 is 1.96 bits per heavy atom. The van der Waals surface area contributed by atoms with Crippen molar-refractivity contribution < 1.29 is 14.3 Å². The van der Waals surface area contributed by atoms with Crippen LogP contribution < -0.4 is 20.5 Å². The Kier molecular flexibility index (Phi) is 4.28. The molecule has 27 heavy (non-hydrogen) atoms. The third kappa shape index (κ3) is 3.19. The SMILES string of the molecule is NC1CC2CCCC(C1)C2NC(=O)c1csc(-c2ccc3c(c2)OCO3)n1. The van der Waals surface area contributed by atoms with Crippen molar-refractivity contribution in [3.8, 4) is 22.1 Å². The molecule has 2 heterocycles. The number of ether oxygens (including phenoxy) is 2. The maximum atomic E-state index is 12.8. The van der Waals surface area contributed by atoms with E-state index in [1.807, 2.05) is 23.6 Å². The smallest absolute Gasteiger partial charge is 0.271 e. The molecule has 7 heteroatoms. The average molecular weight is 385 g/mol. The molecule has 2 atom stereocenters. The number of hydrogen-bond acceptors (Lipinski definition) is 6. The standard InChI is InChI=1S/C20H23N3O3S/c21-14-6-11-2-1-3-12(7-14)18(11)23-19(24)15-9-27-20(22-15)13-4-5-16-17(8-13)26-10-25-16/h4-5,8-9,11-12,14,18H,1-3,6-7,10,21H2,(H,23,24). The molecule has 2 aromatic rings. The summed E-state index contributed by atoms with van der Waals surface area (Å²) >= 11 is 1.47. The number of thiazole rings is 1. The molecular formula is C20H23N3O3S. The van der Waals surface area contributed by atoms with E-state index in [1.54, 1.807) is 0 Å². The number of benzene rings is 1. The van der Waals surface area contributed by atoms with Gasteiger partial charge in [-0.05, 0) is 55.7 Å². The highest BCUT2D eigenvalue weighted by Crippen LogP contribution is 2.40. The van der Waals surface area contributed by atoms with E-state index >= 15 is 0 Å². The first-order valence-electron chi connectivity index (χ1n) is 9.59. The van der Waals surface area contributed by atoms with Crippen LogP contribution in [0, 0.1) is 11.8 Å². The van der Waals surface area contributed by atoms with E-state index in [-0.39, 0.29) is 24.8 Å². The molecule has 2 bridgehead atoms. The first kappa shape index (κ1) is 17.0. The number of amides is 1. The fourth-order valence-corrected chi connectivity index (χ4v) is 5.59. The highest BCUT2D eigenvalue weighted by atomic mass is 32.1. The van der Waals surface area contributed by atoms with E-state index in [0.717, 1.165) is 47.8 Å². The van der Waals surface area contributed by atoms with Crippen LogP contribution in [0.4, 0.5) is 0 Å². The van der Waals surface area contributed by atoms with Gasteiger partial charge in [0.25, 0.3) is 5.91 Å². The van der Waals surface area contributed by atoms with Crippen molar-refractivity contribution in [1.29, 1.82) is 0 Å². The number of rotatable bonds is 3. The van der Waals surface area contributed by atoms with E-state index in [4.69, 9.17) is 15.2 Å². The van der Waals surface area contributed by atoms with Gasteiger partial charge in [-0.1, -0.05) is 6.42 Å². The Hall–Kier alpha value is -2.12. The van der Waals surface area contributed by atoms with E-state index in [9.17, 15) is 4.79 Å². The highest BCUT2D eigenvalue weighted by molar-refractivity contribution is 7.13. The molecule has 1 aromatic heterocycles. The van der Waals surface area contributed by atoms with Crippen molar-refractivity contribution in [1.82, 2.24) is 10.3 Å². The van der Waals surface area contributed by atoms with Crippen molar-refractivity contribution >= 4 is 17.2 Å². The van der Waals surface area contributed by atoms with Crippen molar-refractivity contribution in [2.45, 2.75) is 44.2 Å². The molecule has 0 saturated heterocycles. The number of aromatic nitrogens is 1. The summed E-state index contributed by atoms with van der Waals surface area (Å²) < 4.78 is 10.8. The van der Waals surface area contributed by atoms with Gasteiger partial charge in [-0.15, -0.1) is 11.3 Å². The second-order valence-corrected chi connectivity index (χ2v) is 8.65. The normalized spacial score (nSPS) is 28.8. The summed E-state index contributed by atoms with van der Waals surface area (Å²) in [6.07, 6.45) is 5.60. The monoisotopic (exact) mass is 385 g/mol. The van der Waals surface area contributed by atoms with Crippen LogP contribution in [0.1, 0.15) is 42.6 Å². The minimum atomic E-state index is -0.0735. The lowest BCUT2D eigenvalue weighted by molar-refractivity contribution is 0.0752. The molecule has 1 aromatic carbocycles. The first-order valence-corrected chi connectivity index (χ1v) is 10.5. The van der Waals surface area contributed by atoms with Crippen molar-refractivity contribution in [2.24, 2.45) is 17.6 Å². The van der Waals surface area contributed by atoms with Crippen molar-refractivity contribution in [3.63, 3.8) is 0 Å². The zero-order chi connectivity index (χ0) is 18.4. The highest BCUT2D eigenvalue weighted by Gasteiger charge is 2.40. The maximum Gasteiger partial charge on any atom is 0.271 e. The van der Waals surface area contributed by atoms with Crippen LogP contribution in [-0.4, -0.2) is 29.8 Å². The summed E-state index contributed by atoms with van der Waals surface area (Å²) in [5.74, 6) is 2.40. The zero-order valence-corrected chi connectivity index (χ0v) is 15.8. The summed E-state index contributed by atoms with van der Waals surface area (Å²) in [7, 11) is 0. The van der Waals surface area contributed by atoms with Crippen molar-refractivity contribution in [3.05, 3.63) is 29.3 Å². The van der Waals surface area contributed by atoms with E-state index in [2.05, 4.69) is 10.3 Å². The van der Waals surface area contributed by atoms with Crippen molar-refractivity contribution in [2.75, 3.05) is 6.79 Å². The topological polar surface area (TPSA) is 86.5 Å². The summed E-state index contributed by atoms with van der Waals surface area (Å²) in [4.78, 5) is 17.4. The van der Waals surface area contributed by atoms with E-state index < -0.39 is 0 Å². The van der Waals surface area contributed by atoms with Gasteiger partial charge in [0.1, 0.15) is 10.7 Å². The van der Waals surface area contributed by atoms with Gasteiger partial charge in [-0.3, -0.25) is 4.79 Å². The summed E-state index contributed by atoms with van der Waals surface area (Å²) in [6, 6.07) is 6.26. The largest absolute Gasteiger partial charge is 0.454 e. The van der Waals surface area contributed by atoms with E-state index in [1.165, 1.54) is 17.8 Å². The number of nitrogens with two attached hydrogens (primary N) is 1. The fourth-order valence-electron chi connectivity index (χ4n) is 4.79. The minimum Gasteiger partial charge on any atom is -0.454 e. The Bertz CT molecular complexity index is 854. The Balaban J connectivity index is 1.32. The molecule has 5 rings (SSSR count). The maximum absolute atomic E-state index is 12.8. The lowest BCUT2D eigenvalue weighted by Gasteiger charge is -2.45. The summed E-state index contributed by atoms with van der Waals surface area (Å²) in [6.45, 7) is 0.248. The van der Waals surface area contributed by atoms with Crippen LogP contribution in [-0.2, 0) is 0 Å². The molecule has 2 saturated carbocycles. The molecule has 1 aliphatic heterocycles. The van der Waals surface area contributed by atoms with Gasteiger partial charge in [0.15, 0.2) is 11.5 Å². The minimum absolute atomic E-state index is 0.0735. The quantitative estimate of drug-likeness (QED) is 0.847. The molecule has 2 fully saturated rings. The number of nitrogens with zero attached hydrogens (tertiary/aromatic N) is 1. The van der Waals surface area contributed by atoms with Gasteiger partial charge in [0, 0.05) is 23.0 Å². The Morgan fingerprint density at radius 3 is 2.78 bits per heavy atom. The first-order chi connectivity index (χ1) is 13.2. The molecule has 0 radical (unpaired) electrons. The molecule has 6 nitrogen and oxygen atoms in total. The predicted molar refractivity (Wildman–Crippen MR) is 103 cm³/mol. The van der Waals surface area contributed by atoms with Gasteiger partial charge >= 0.3 is 0 Å². The molecule has 0 spiro atoms. The molecule has 1 amide bonds. The van der Waals surface area contributed by atoms with E-state index in [0.29, 0.717) is 17.5 Å². The molecule has 142 valence electrons. The third-order valence-corrected chi connectivity index (χ3v) is 6.92. The molecule has 3 aliphatic rings. The van der Waals surface area contributed by atoms with Gasteiger partial charge in [-0.2, -0.15) is 0 Å². The fraction of sp³-hybridized carbons (Fsp3) is 0.500. The van der Waals surface area contributed by atoms with Crippen LogP contribution in [0.3, 0.4) is 0 Å². The third-order valence-electron chi connectivity index (χ3n) is 6.03. The summed E-state index contributed by atoms with van der Waals surface area (Å²) in [5.41, 5.74) is 7.61. The average Bonchev–Trinajstić information content (AvgIpc) is 3.31. The molecule has 3 N–H and O–H groups in total. The molecule has 2 unspecified atom stereocenters. The second kappa shape index (κ2) is 6.80. The number of nitrogens with one attached hydrogen (secondary N) is 1. The van der Waals surface area contributed by atoms with Gasteiger partial charge in [0.05, 0.1) is 0 Å². The molecular weight excluding hydrogens is 362 g/mol. The van der Waals surface area contributed by atoms with Crippen LogP contribution >= 0.6 is 11.3 Å². The lowest BCUT2D eigenvalue weighted by atomic mass is 9.67. The summed E-state index contributed by atoms with van der Waals surface area (Å²) in [5, 5.41) is 5.91. The number of fused-ring (bicyclic) bond motifs is 3. The van der Waals surface area contributed by atoms with Crippen LogP contribution in [0.15, 0.2) is 23.6 Å². The number of carbonyl (C=O) groups excluding carboxylic acids is 1. The van der Waals surface area contributed by atoms with Crippen LogP contribution in [0.25, 0.3) is 10.6 Å². The van der Waals surface area contributed by atoms with Gasteiger partial charge in [0.2, 0.25) is 6.79 Å². The van der Waals surface area contributed by atoms with Gasteiger partial charge in [-0.25, -0.2) is 4.98 Å². The van der Waals surface area contributed by atoms with Crippen LogP contribution in [0.5, 0.6) is 11.5 Å². The molecule has 2 aliphatic carbocycles.